The molecule has 0 N–H and O–H groups in total. The van der Waals surface area contributed by atoms with Crippen LogP contribution in [0.3, 0.4) is 0 Å². The molecule has 0 fully saturated rings. The molecule has 0 radical (unpaired) electrons. The van der Waals surface area contributed by atoms with Crippen LogP contribution in [0.4, 0.5) is 10.1 Å². The molecule has 0 unspecified atom stereocenters. The van der Waals surface area contributed by atoms with Crippen molar-refractivity contribution in [3.8, 4) is 5.75 Å². The molecule has 102 valence electrons. The van der Waals surface area contributed by atoms with Gasteiger partial charge in [-0.15, -0.1) is 0 Å². The van der Waals surface area contributed by atoms with Gasteiger partial charge in [-0.1, -0.05) is 30.3 Å². The minimum Gasteiger partial charge on any atom is -0.481 e. The summed E-state index contributed by atoms with van der Waals surface area (Å²) in [5, 5.41) is 0. The molecule has 3 rings (SSSR count). The fourth-order valence-corrected chi connectivity index (χ4v) is 2.38. The fraction of sp³-hybridized carbons (Fsp3) is 0.188. The normalized spacial score (nSPS) is 13.2. The number of nitrogens with zero attached hydrogens (tertiary/aromatic N) is 1. The SMILES string of the molecule is O=C(COc1ccccc1F)N1CCc2ccccc21. The van der Waals surface area contributed by atoms with Crippen molar-refractivity contribution < 1.29 is 13.9 Å². The molecule has 1 amide bonds. The molecule has 1 aliphatic rings. The molecule has 0 saturated heterocycles. The number of halogens is 1. The molecule has 0 aliphatic carbocycles. The maximum atomic E-state index is 13.4. The van der Waals surface area contributed by atoms with Gasteiger partial charge in [-0.3, -0.25) is 4.79 Å². The Balaban J connectivity index is 1.68. The second-order valence-electron chi connectivity index (χ2n) is 4.64. The Morgan fingerprint density at radius 1 is 1.15 bits per heavy atom. The van der Waals surface area contributed by atoms with Gasteiger partial charge in [0.15, 0.2) is 18.2 Å². The number of amides is 1. The van der Waals surface area contributed by atoms with Crippen LogP contribution < -0.4 is 9.64 Å². The zero-order valence-corrected chi connectivity index (χ0v) is 10.9. The first kappa shape index (κ1) is 12.7. The summed E-state index contributed by atoms with van der Waals surface area (Å²) in [6.45, 7) is 0.494. The van der Waals surface area contributed by atoms with Crippen molar-refractivity contribution in [2.24, 2.45) is 0 Å². The number of fused-ring (bicyclic) bond motifs is 1. The summed E-state index contributed by atoms with van der Waals surface area (Å²) in [6.07, 6.45) is 0.849. The van der Waals surface area contributed by atoms with Gasteiger partial charge in [-0.25, -0.2) is 4.39 Å². The Bertz CT molecular complexity index is 642. The predicted octanol–water partition coefficient (Wildman–Crippen LogP) is 2.79. The van der Waals surface area contributed by atoms with Crippen LogP contribution in [0.25, 0.3) is 0 Å². The molecule has 20 heavy (non-hydrogen) atoms. The Kier molecular flexibility index (Phi) is 3.37. The van der Waals surface area contributed by atoms with E-state index in [9.17, 15) is 9.18 Å². The van der Waals surface area contributed by atoms with Crippen LogP contribution in [-0.2, 0) is 11.2 Å². The monoisotopic (exact) mass is 271 g/mol. The summed E-state index contributed by atoms with van der Waals surface area (Å²) < 4.78 is 18.7. The molecule has 0 saturated carbocycles. The van der Waals surface area contributed by atoms with Crippen LogP contribution in [-0.4, -0.2) is 19.1 Å². The van der Waals surface area contributed by atoms with Crippen molar-refractivity contribution >= 4 is 11.6 Å². The average molecular weight is 271 g/mol. The van der Waals surface area contributed by atoms with Gasteiger partial charge in [0.2, 0.25) is 0 Å². The highest BCUT2D eigenvalue weighted by Gasteiger charge is 2.24. The number of ether oxygens (including phenoxy) is 1. The lowest BCUT2D eigenvalue weighted by atomic mass is 10.2. The summed E-state index contributed by atoms with van der Waals surface area (Å²) in [5.41, 5.74) is 2.08. The maximum absolute atomic E-state index is 13.4. The van der Waals surface area contributed by atoms with Gasteiger partial charge < -0.3 is 9.64 Å². The smallest absolute Gasteiger partial charge is 0.264 e. The molecule has 1 aliphatic heterocycles. The van der Waals surface area contributed by atoms with Crippen molar-refractivity contribution in [1.82, 2.24) is 0 Å². The highest BCUT2D eigenvalue weighted by Crippen LogP contribution is 2.27. The van der Waals surface area contributed by atoms with E-state index in [4.69, 9.17) is 4.74 Å². The van der Waals surface area contributed by atoms with Gasteiger partial charge in [0, 0.05) is 12.2 Å². The molecule has 0 aromatic heterocycles. The first-order chi connectivity index (χ1) is 9.75. The maximum Gasteiger partial charge on any atom is 0.264 e. The van der Waals surface area contributed by atoms with E-state index >= 15 is 0 Å². The van der Waals surface area contributed by atoms with E-state index in [1.165, 1.54) is 12.1 Å². The number of para-hydroxylation sites is 2. The number of hydrogen-bond acceptors (Lipinski definition) is 2. The largest absolute Gasteiger partial charge is 0.481 e. The number of rotatable bonds is 3. The van der Waals surface area contributed by atoms with Gasteiger partial charge >= 0.3 is 0 Å². The topological polar surface area (TPSA) is 29.5 Å². The first-order valence-electron chi connectivity index (χ1n) is 6.51. The zero-order valence-electron chi connectivity index (χ0n) is 10.9. The summed E-state index contributed by atoms with van der Waals surface area (Å²) >= 11 is 0. The van der Waals surface area contributed by atoms with Crippen molar-refractivity contribution in [3.63, 3.8) is 0 Å². The van der Waals surface area contributed by atoms with E-state index in [0.29, 0.717) is 6.54 Å². The van der Waals surface area contributed by atoms with Gasteiger partial charge in [0.05, 0.1) is 0 Å². The molecular weight excluding hydrogens is 257 g/mol. The lowest BCUT2D eigenvalue weighted by Gasteiger charge is -2.17. The summed E-state index contributed by atoms with van der Waals surface area (Å²) in [7, 11) is 0. The van der Waals surface area contributed by atoms with Gasteiger partial charge in [0.1, 0.15) is 0 Å². The standard InChI is InChI=1S/C16H14FNO2/c17-13-6-2-4-8-15(13)20-11-16(19)18-10-9-12-5-1-3-7-14(12)18/h1-8H,9-11H2. The van der Waals surface area contributed by atoms with Gasteiger partial charge in [-0.2, -0.15) is 0 Å². The third-order valence-corrected chi connectivity index (χ3v) is 3.38. The van der Waals surface area contributed by atoms with Crippen molar-refractivity contribution in [2.75, 3.05) is 18.1 Å². The second kappa shape index (κ2) is 5.33. The summed E-state index contributed by atoms with van der Waals surface area (Å²) in [5.74, 6) is -0.506. The number of carbonyl (C=O) groups excluding carboxylic acids is 1. The quantitative estimate of drug-likeness (QED) is 0.859. The molecule has 2 aromatic rings. The third-order valence-electron chi connectivity index (χ3n) is 3.38. The van der Waals surface area contributed by atoms with Crippen molar-refractivity contribution in [1.29, 1.82) is 0 Å². The van der Waals surface area contributed by atoms with Gasteiger partial charge in [0.25, 0.3) is 5.91 Å². The molecule has 2 aromatic carbocycles. The predicted molar refractivity (Wildman–Crippen MR) is 74.4 cm³/mol. The average Bonchev–Trinajstić information content (AvgIpc) is 2.90. The Hall–Kier alpha value is -2.36. The lowest BCUT2D eigenvalue weighted by molar-refractivity contribution is -0.120. The number of benzene rings is 2. The van der Waals surface area contributed by atoms with Crippen LogP contribution >= 0.6 is 0 Å². The summed E-state index contributed by atoms with van der Waals surface area (Å²) in [6, 6.07) is 13.9. The first-order valence-corrected chi connectivity index (χ1v) is 6.51. The molecule has 0 atom stereocenters. The Labute approximate surface area is 116 Å². The van der Waals surface area contributed by atoms with E-state index in [1.54, 1.807) is 17.0 Å². The molecule has 0 bridgehead atoms. The minimum atomic E-state index is -0.456. The Morgan fingerprint density at radius 3 is 2.75 bits per heavy atom. The molecule has 1 heterocycles. The highest BCUT2D eigenvalue weighted by molar-refractivity contribution is 5.96. The van der Waals surface area contributed by atoms with E-state index in [0.717, 1.165) is 17.7 Å². The second-order valence-corrected chi connectivity index (χ2v) is 4.64. The van der Waals surface area contributed by atoms with Crippen LogP contribution in [0.15, 0.2) is 48.5 Å². The van der Waals surface area contributed by atoms with Crippen molar-refractivity contribution in [3.05, 3.63) is 59.9 Å². The van der Waals surface area contributed by atoms with Crippen molar-refractivity contribution in [2.45, 2.75) is 6.42 Å². The van der Waals surface area contributed by atoms with E-state index in [1.807, 2.05) is 24.3 Å². The molecular formula is C16H14FNO2. The number of carbonyl (C=O) groups is 1. The van der Waals surface area contributed by atoms with E-state index in [-0.39, 0.29) is 18.3 Å². The number of hydrogen-bond donors (Lipinski definition) is 0. The minimum absolute atomic E-state index is 0.105. The molecule has 0 spiro atoms. The Morgan fingerprint density at radius 2 is 1.90 bits per heavy atom. The molecule has 3 nitrogen and oxygen atoms in total. The van der Waals surface area contributed by atoms with E-state index in [2.05, 4.69) is 0 Å². The zero-order chi connectivity index (χ0) is 13.9. The van der Waals surface area contributed by atoms with Crippen LogP contribution in [0.5, 0.6) is 5.75 Å². The number of anilines is 1. The highest BCUT2D eigenvalue weighted by atomic mass is 19.1. The van der Waals surface area contributed by atoms with Gasteiger partial charge in [-0.05, 0) is 30.2 Å². The fourth-order valence-electron chi connectivity index (χ4n) is 2.38. The summed E-state index contributed by atoms with van der Waals surface area (Å²) in [4.78, 5) is 13.9. The molecule has 4 heteroatoms. The van der Waals surface area contributed by atoms with E-state index < -0.39 is 5.82 Å². The van der Waals surface area contributed by atoms with Crippen LogP contribution in [0.1, 0.15) is 5.56 Å². The van der Waals surface area contributed by atoms with Crippen LogP contribution in [0, 0.1) is 5.82 Å². The van der Waals surface area contributed by atoms with Crippen LogP contribution in [0.2, 0.25) is 0 Å². The lowest BCUT2D eigenvalue weighted by Crippen LogP contribution is -2.33. The third kappa shape index (κ3) is 2.37.